The Morgan fingerprint density at radius 2 is 1.81 bits per heavy atom. The molecule has 0 bridgehead atoms. The molecule has 0 amide bonds. The largest absolute Gasteiger partial charge is 0.398 e. The minimum atomic E-state index is 0.650. The second kappa shape index (κ2) is 5.14. The van der Waals surface area contributed by atoms with Gasteiger partial charge < -0.3 is 5.73 Å². The van der Waals surface area contributed by atoms with Crippen LogP contribution in [0, 0.1) is 0 Å². The summed E-state index contributed by atoms with van der Waals surface area (Å²) >= 11 is 0. The molecule has 1 atom stereocenters. The molecule has 0 radical (unpaired) electrons. The van der Waals surface area contributed by atoms with Crippen molar-refractivity contribution in [2.75, 3.05) is 5.73 Å². The van der Waals surface area contributed by atoms with Crippen molar-refractivity contribution in [1.29, 1.82) is 0 Å². The standard InChI is InChI=1S/C14H16NP/c1-2-11-8-9-13(15)14(10-11)16-12-6-4-3-5-7-12/h3-10,16H,2,15H2,1H3. The van der Waals surface area contributed by atoms with E-state index in [0.29, 0.717) is 8.58 Å². The van der Waals surface area contributed by atoms with E-state index in [9.17, 15) is 0 Å². The molecule has 0 aliphatic rings. The van der Waals surface area contributed by atoms with E-state index in [1.54, 1.807) is 0 Å². The predicted octanol–water partition coefficient (Wildman–Crippen LogP) is 2.46. The van der Waals surface area contributed by atoms with Crippen molar-refractivity contribution < 1.29 is 0 Å². The van der Waals surface area contributed by atoms with Crippen LogP contribution in [0.2, 0.25) is 0 Å². The molecule has 1 unspecified atom stereocenters. The molecule has 2 N–H and O–H groups in total. The fourth-order valence-electron chi connectivity index (χ4n) is 1.61. The summed E-state index contributed by atoms with van der Waals surface area (Å²) in [4.78, 5) is 0. The minimum absolute atomic E-state index is 0.650. The molecule has 16 heavy (non-hydrogen) atoms. The van der Waals surface area contributed by atoms with E-state index < -0.39 is 0 Å². The van der Waals surface area contributed by atoms with E-state index >= 15 is 0 Å². The highest BCUT2D eigenvalue weighted by atomic mass is 31.1. The molecule has 1 nitrogen and oxygen atoms in total. The van der Waals surface area contributed by atoms with Crippen LogP contribution in [-0.2, 0) is 6.42 Å². The summed E-state index contributed by atoms with van der Waals surface area (Å²) < 4.78 is 0. The normalized spacial score (nSPS) is 11.1. The summed E-state index contributed by atoms with van der Waals surface area (Å²) in [6, 6.07) is 16.8. The number of nitrogens with two attached hydrogens (primary N) is 1. The Kier molecular flexibility index (Phi) is 3.58. The predicted molar refractivity (Wildman–Crippen MR) is 74.3 cm³/mol. The van der Waals surface area contributed by atoms with Gasteiger partial charge in [-0.3, -0.25) is 0 Å². The highest BCUT2D eigenvalue weighted by molar-refractivity contribution is 7.55. The Bertz CT molecular complexity index is 465. The molecule has 2 aromatic carbocycles. The van der Waals surface area contributed by atoms with Crippen LogP contribution in [0.3, 0.4) is 0 Å². The van der Waals surface area contributed by atoms with Gasteiger partial charge in [0, 0.05) is 11.0 Å². The van der Waals surface area contributed by atoms with E-state index in [2.05, 4.69) is 43.3 Å². The lowest BCUT2D eigenvalue weighted by molar-refractivity contribution is 1.14. The van der Waals surface area contributed by atoms with Crippen molar-refractivity contribution in [2.45, 2.75) is 13.3 Å². The Hall–Kier alpha value is -1.33. The van der Waals surface area contributed by atoms with E-state index in [0.717, 1.165) is 12.1 Å². The van der Waals surface area contributed by atoms with Crippen LogP contribution in [0.4, 0.5) is 5.69 Å². The molecule has 0 aromatic heterocycles. The molecular weight excluding hydrogens is 213 g/mol. The Morgan fingerprint density at radius 3 is 2.50 bits per heavy atom. The third-order valence-corrected chi connectivity index (χ3v) is 3.90. The van der Waals surface area contributed by atoms with Gasteiger partial charge in [0.25, 0.3) is 0 Å². The first-order chi connectivity index (χ1) is 7.79. The molecule has 2 heteroatoms. The second-order valence-electron chi connectivity index (χ2n) is 3.77. The van der Waals surface area contributed by atoms with Crippen molar-refractivity contribution in [3.05, 3.63) is 54.1 Å². The quantitative estimate of drug-likeness (QED) is 0.635. The molecule has 0 saturated heterocycles. The molecule has 0 saturated carbocycles. The fraction of sp³-hybridized carbons (Fsp3) is 0.143. The van der Waals surface area contributed by atoms with Crippen molar-refractivity contribution in [3.63, 3.8) is 0 Å². The Labute approximate surface area is 98.5 Å². The highest BCUT2D eigenvalue weighted by Crippen LogP contribution is 2.16. The zero-order valence-corrected chi connectivity index (χ0v) is 10.4. The molecule has 0 aliphatic carbocycles. The average Bonchev–Trinajstić information content (AvgIpc) is 2.33. The Balaban J connectivity index is 2.27. The number of benzene rings is 2. The second-order valence-corrected chi connectivity index (χ2v) is 5.13. The fourth-order valence-corrected chi connectivity index (χ4v) is 2.76. The van der Waals surface area contributed by atoms with Crippen molar-refractivity contribution in [3.8, 4) is 0 Å². The molecular formula is C14H16NP. The van der Waals surface area contributed by atoms with E-state index in [4.69, 9.17) is 5.73 Å². The van der Waals surface area contributed by atoms with Gasteiger partial charge in [0.05, 0.1) is 0 Å². The first-order valence-electron chi connectivity index (χ1n) is 5.50. The van der Waals surface area contributed by atoms with Gasteiger partial charge in [0.2, 0.25) is 0 Å². The minimum Gasteiger partial charge on any atom is -0.398 e. The molecule has 0 heterocycles. The summed E-state index contributed by atoms with van der Waals surface area (Å²) in [5.74, 6) is 0. The molecule has 2 rings (SSSR count). The third kappa shape index (κ3) is 2.62. The number of nitrogen functional groups attached to an aromatic ring is 1. The van der Waals surface area contributed by atoms with Crippen molar-refractivity contribution in [1.82, 2.24) is 0 Å². The van der Waals surface area contributed by atoms with Crippen LogP contribution in [-0.4, -0.2) is 0 Å². The van der Waals surface area contributed by atoms with Crippen LogP contribution in [0.1, 0.15) is 12.5 Å². The van der Waals surface area contributed by atoms with Crippen molar-refractivity contribution >= 4 is 24.9 Å². The van der Waals surface area contributed by atoms with Gasteiger partial charge in [0.15, 0.2) is 0 Å². The first kappa shape index (κ1) is 11.2. The van der Waals surface area contributed by atoms with Crippen LogP contribution >= 0.6 is 8.58 Å². The average molecular weight is 229 g/mol. The van der Waals surface area contributed by atoms with Crippen LogP contribution in [0.15, 0.2) is 48.5 Å². The number of hydrogen-bond donors (Lipinski definition) is 1. The first-order valence-corrected chi connectivity index (χ1v) is 6.50. The smallest absolute Gasteiger partial charge is 0.0392 e. The SMILES string of the molecule is CCc1ccc(N)c(Pc2ccccc2)c1. The maximum atomic E-state index is 6.00. The summed E-state index contributed by atoms with van der Waals surface area (Å²) in [6.45, 7) is 2.17. The van der Waals surface area contributed by atoms with Crippen molar-refractivity contribution in [2.24, 2.45) is 0 Å². The molecule has 0 fully saturated rings. The molecule has 0 spiro atoms. The van der Waals surface area contributed by atoms with Crippen LogP contribution < -0.4 is 16.3 Å². The van der Waals surface area contributed by atoms with Gasteiger partial charge in [-0.25, -0.2) is 0 Å². The summed E-state index contributed by atoms with van der Waals surface area (Å²) in [5, 5.41) is 2.59. The van der Waals surface area contributed by atoms with Gasteiger partial charge in [0.1, 0.15) is 0 Å². The molecule has 0 aliphatic heterocycles. The topological polar surface area (TPSA) is 26.0 Å². The van der Waals surface area contributed by atoms with E-state index in [-0.39, 0.29) is 0 Å². The van der Waals surface area contributed by atoms with Gasteiger partial charge in [-0.2, -0.15) is 0 Å². The molecule has 82 valence electrons. The zero-order valence-electron chi connectivity index (χ0n) is 9.40. The maximum Gasteiger partial charge on any atom is 0.0392 e. The molecule has 2 aromatic rings. The van der Waals surface area contributed by atoms with E-state index in [1.807, 2.05) is 12.1 Å². The van der Waals surface area contributed by atoms with Gasteiger partial charge in [-0.05, 0) is 29.4 Å². The number of hydrogen-bond acceptors (Lipinski definition) is 1. The summed E-state index contributed by atoms with van der Waals surface area (Å²) in [6.07, 6.45) is 1.06. The monoisotopic (exact) mass is 229 g/mol. The van der Waals surface area contributed by atoms with Gasteiger partial charge in [-0.15, -0.1) is 0 Å². The zero-order chi connectivity index (χ0) is 11.4. The number of aryl methyl sites for hydroxylation is 1. The highest BCUT2D eigenvalue weighted by Gasteiger charge is 2.01. The van der Waals surface area contributed by atoms with Crippen LogP contribution in [0.5, 0.6) is 0 Å². The Morgan fingerprint density at radius 1 is 1.06 bits per heavy atom. The van der Waals surface area contributed by atoms with Crippen LogP contribution in [0.25, 0.3) is 0 Å². The lowest BCUT2D eigenvalue weighted by Crippen LogP contribution is -2.09. The summed E-state index contributed by atoms with van der Waals surface area (Å²) in [7, 11) is 0.650. The van der Waals surface area contributed by atoms with Gasteiger partial charge in [-0.1, -0.05) is 51.9 Å². The lowest BCUT2D eigenvalue weighted by atomic mass is 10.1. The number of rotatable bonds is 3. The number of anilines is 1. The van der Waals surface area contributed by atoms with Gasteiger partial charge >= 0.3 is 0 Å². The van der Waals surface area contributed by atoms with E-state index in [1.165, 1.54) is 16.2 Å². The lowest BCUT2D eigenvalue weighted by Gasteiger charge is -2.08. The maximum absolute atomic E-state index is 6.00. The summed E-state index contributed by atoms with van der Waals surface area (Å²) in [5.41, 5.74) is 8.26. The third-order valence-electron chi connectivity index (χ3n) is 2.58.